The lowest BCUT2D eigenvalue weighted by atomic mass is 9.81. The second kappa shape index (κ2) is 16.5. The summed E-state index contributed by atoms with van der Waals surface area (Å²) in [6, 6.07) is 19.6. The third-order valence-corrected chi connectivity index (χ3v) is 12.0. The predicted octanol–water partition coefficient (Wildman–Crippen LogP) is 5.40. The summed E-state index contributed by atoms with van der Waals surface area (Å²) in [6.45, 7) is 3.51. The summed E-state index contributed by atoms with van der Waals surface area (Å²) in [5.41, 5.74) is 3.43. The molecule has 2 aromatic carbocycles. The van der Waals surface area contributed by atoms with Gasteiger partial charge in [-0.05, 0) is 27.0 Å². The van der Waals surface area contributed by atoms with Gasteiger partial charge in [0.2, 0.25) is 0 Å². The number of aromatic nitrogens is 2. The lowest BCUT2D eigenvalue weighted by molar-refractivity contribution is 0.426. The maximum absolute atomic E-state index is 12.3. The molecular formula is C32H30BBrN4O6S4. The van der Waals surface area contributed by atoms with Crippen molar-refractivity contribution in [3.8, 4) is 11.1 Å². The topological polar surface area (TPSA) is 133 Å². The van der Waals surface area contributed by atoms with E-state index in [-0.39, 0.29) is 11.1 Å². The molecule has 0 atom stereocenters. The van der Waals surface area contributed by atoms with E-state index in [1.54, 1.807) is 24.3 Å². The van der Waals surface area contributed by atoms with Gasteiger partial charge >= 0.3 is 19.1 Å². The van der Waals surface area contributed by atoms with E-state index in [0.717, 1.165) is 64.8 Å². The summed E-state index contributed by atoms with van der Waals surface area (Å²) in [7, 11) is -1.34. The summed E-state index contributed by atoms with van der Waals surface area (Å²) in [4.78, 5) is 36.4. The summed E-state index contributed by atoms with van der Waals surface area (Å²) in [5, 5.41) is 21.0. The lowest BCUT2D eigenvalue weighted by Gasteiger charge is -2.25. The number of benzene rings is 2. The Morgan fingerprint density at radius 3 is 1.69 bits per heavy atom. The van der Waals surface area contributed by atoms with Crippen molar-refractivity contribution >= 4 is 107 Å². The fraction of sp³-hybridized carbons (Fsp3) is 0.250. The van der Waals surface area contributed by atoms with E-state index in [2.05, 4.69) is 30.8 Å². The molecule has 48 heavy (non-hydrogen) atoms. The molecule has 0 unspecified atom stereocenters. The number of anilines is 2. The van der Waals surface area contributed by atoms with Crippen LogP contribution in [0.15, 0.2) is 94.3 Å². The van der Waals surface area contributed by atoms with Gasteiger partial charge in [0.25, 0.3) is 11.1 Å². The molecule has 4 aromatic heterocycles. The molecule has 0 aliphatic carbocycles. The van der Waals surface area contributed by atoms with Crippen LogP contribution in [-0.2, 0) is 0 Å². The van der Waals surface area contributed by atoms with E-state index in [9.17, 15) is 9.59 Å². The van der Waals surface area contributed by atoms with Gasteiger partial charge in [-0.2, -0.15) is 33.5 Å². The van der Waals surface area contributed by atoms with E-state index in [4.69, 9.17) is 18.9 Å². The number of fused-ring (bicyclic) bond motifs is 2. The zero-order valence-electron chi connectivity index (χ0n) is 25.5. The lowest BCUT2D eigenvalue weighted by Crippen LogP contribution is -2.34. The Bertz CT molecular complexity index is 2060. The van der Waals surface area contributed by atoms with Gasteiger partial charge in [0, 0.05) is 65.5 Å². The average molecular weight is 786 g/mol. The Labute approximate surface area is 301 Å². The second-order valence-electron chi connectivity index (χ2n) is 10.5. The van der Waals surface area contributed by atoms with E-state index in [1.807, 2.05) is 75.6 Å². The Morgan fingerprint density at radius 2 is 1.17 bits per heavy atom. The first kappa shape index (κ1) is 34.7. The maximum atomic E-state index is 12.3. The molecular weight excluding hydrogens is 755 g/mol. The molecule has 2 aliphatic heterocycles. The highest BCUT2D eigenvalue weighted by molar-refractivity contribution is 9.10. The second-order valence-corrected chi connectivity index (χ2v) is 15.6. The quantitative estimate of drug-likeness (QED) is 0.222. The molecule has 0 bridgehead atoms. The van der Waals surface area contributed by atoms with Gasteiger partial charge in [0.1, 0.15) is 9.40 Å². The van der Waals surface area contributed by atoms with Crippen molar-refractivity contribution in [3.05, 3.63) is 96.6 Å². The molecule has 2 saturated heterocycles. The molecule has 6 heterocycles. The highest BCUT2D eigenvalue weighted by Crippen LogP contribution is 2.34. The molecule has 0 amide bonds. The summed E-state index contributed by atoms with van der Waals surface area (Å²) in [5.74, 6) is 4.18. The highest BCUT2D eigenvalue weighted by atomic mass is 79.9. The van der Waals surface area contributed by atoms with Crippen molar-refractivity contribution in [1.82, 2.24) is 9.97 Å². The summed E-state index contributed by atoms with van der Waals surface area (Å²) in [6.07, 6.45) is 0. The van der Waals surface area contributed by atoms with Crippen LogP contribution >= 0.6 is 62.1 Å². The number of hydrogen-bond donors (Lipinski definition) is 2. The Kier molecular flexibility index (Phi) is 12.0. The van der Waals surface area contributed by atoms with Crippen LogP contribution in [0.3, 0.4) is 0 Å². The monoisotopic (exact) mass is 784 g/mol. The Hall–Kier alpha value is -3.12. The minimum absolute atomic E-state index is 0.193. The Balaban J connectivity index is 0.000000137. The molecule has 8 rings (SSSR count). The standard InChI is InChI=1S/C16H14N2O2S2.C10H9BrN2O2S2.C6H7BO2/c19-15-14-13(12(10-22-14)11-4-2-1-3-5-11)20-16(17-15)18-6-8-21-9-7-18;11-6-5-17-8-7(6)15-10(12-9(8)14)13-1-3-16-4-2-13;8-7(9)6-4-2-1-3-5-6/h1-5,10H,6-9H2;5H,1-4H2;1-5,8-9H. The number of halogens is 1. The zero-order valence-corrected chi connectivity index (χ0v) is 30.3. The summed E-state index contributed by atoms with van der Waals surface area (Å²) < 4.78 is 13.7. The molecule has 2 aliphatic rings. The SMILES string of the molecule is O=c1nc(N2CCSCC2)oc2c(-c3ccccc3)csc12.O=c1nc(N2CCSCC2)oc2c(Br)csc12.OB(O)c1ccccc1. The number of nitrogens with zero attached hydrogens (tertiary/aromatic N) is 4. The van der Waals surface area contributed by atoms with Crippen molar-refractivity contribution in [2.45, 2.75) is 0 Å². The van der Waals surface area contributed by atoms with E-state index >= 15 is 0 Å². The molecule has 10 nitrogen and oxygen atoms in total. The molecule has 2 N–H and O–H groups in total. The van der Waals surface area contributed by atoms with E-state index in [0.29, 0.717) is 38.1 Å². The van der Waals surface area contributed by atoms with Crippen molar-refractivity contribution in [2.24, 2.45) is 0 Å². The largest absolute Gasteiger partial charge is 0.488 e. The van der Waals surface area contributed by atoms with Crippen LogP contribution in [0.2, 0.25) is 0 Å². The summed E-state index contributed by atoms with van der Waals surface area (Å²) >= 11 is 9.97. The highest BCUT2D eigenvalue weighted by Gasteiger charge is 2.20. The molecule has 16 heteroatoms. The first-order chi connectivity index (χ1) is 23.4. The molecule has 248 valence electrons. The van der Waals surface area contributed by atoms with Crippen LogP contribution in [0.1, 0.15) is 0 Å². The first-order valence-electron chi connectivity index (χ1n) is 15.0. The van der Waals surface area contributed by atoms with Crippen molar-refractivity contribution in [1.29, 1.82) is 0 Å². The van der Waals surface area contributed by atoms with Gasteiger partial charge in [-0.3, -0.25) is 9.59 Å². The van der Waals surface area contributed by atoms with Crippen molar-refractivity contribution in [3.63, 3.8) is 0 Å². The van der Waals surface area contributed by atoms with Gasteiger partial charge in [0.05, 0.1) is 4.47 Å². The minimum Gasteiger partial charge on any atom is -0.423 e. The average Bonchev–Trinajstić information content (AvgIpc) is 3.74. The fourth-order valence-electron chi connectivity index (χ4n) is 4.89. The molecule has 2 fully saturated rings. The maximum Gasteiger partial charge on any atom is 0.488 e. The number of thioether (sulfide) groups is 2. The zero-order chi connectivity index (χ0) is 33.5. The van der Waals surface area contributed by atoms with Gasteiger partial charge in [-0.1, -0.05) is 60.7 Å². The smallest absolute Gasteiger partial charge is 0.423 e. The molecule has 0 spiro atoms. The van der Waals surface area contributed by atoms with Crippen molar-refractivity contribution in [2.75, 3.05) is 59.0 Å². The van der Waals surface area contributed by atoms with E-state index < -0.39 is 7.12 Å². The fourth-order valence-corrected chi connectivity index (χ4v) is 9.00. The van der Waals surface area contributed by atoms with Gasteiger partial charge in [-0.25, -0.2) is 0 Å². The van der Waals surface area contributed by atoms with Gasteiger partial charge in [-0.15, -0.1) is 22.7 Å². The number of hydrogen-bond acceptors (Lipinski definition) is 14. The molecule has 0 radical (unpaired) electrons. The number of rotatable bonds is 4. The molecule has 6 aromatic rings. The third kappa shape index (κ3) is 8.36. The molecule has 0 saturated carbocycles. The van der Waals surface area contributed by atoms with Crippen LogP contribution in [0.25, 0.3) is 31.7 Å². The van der Waals surface area contributed by atoms with Crippen LogP contribution in [0.5, 0.6) is 0 Å². The van der Waals surface area contributed by atoms with Gasteiger partial charge < -0.3 is 28.7 Å². The normalized spacial score (nSPS) is 14.6. The Morgan fingerprint density at radius 1 is 0.688 bits per heavy atom. The predicted molar refractivity (Wildman–Crippen MR) is 205 cm³/mol. The minimum atomic E-state index is -1.34. The number of thiophene rings is 2. The van der Waals surface area contributed by atoms with Crippen LogP contribution in [0, 0.1) is 0 Å². The van der Waals surface area contributed by atoms with Crippen LogP contribution in [0.4, 0.5) is 12.0 Å². The van der Waals surface area contributed by atoms with E-state index in [1.165, 1.54) is 22.7 Å². The van der Waals surface area contributed by atoms with Crippen LogP contribution in [-0.4, -0.2) is 76.3 Å². The van der Waals surface area contributed by atoms with Crippen LogP contribution < -0.4 is 26.4 Å². The third-order valence-electron chi connectivity index (χ3n) is 7.36. The first-order valence-corrected chi connectivity index (χ1v) is 19.9. The van der Waals surface area contributed by atoms with Gasteiger partial charge in [0.15, 0.2) is 11.2 Å². The van der Waals surface area contributed by atoms with Crippen molar-refractivity contribution < 1.29 is 18.9 Å².